The molecule has 0 fully saturated rings. The minimum Gasteiger partial charge on any atom is -0.493 e. The van der Waals surface area contributed by atoms with Gasteiger partial charge in [0.05, 0.1) is 39.2 Å². The first kappa shape index (κ1) is 25.0. The van der Waals surface area contributed by atoms with Crippen molar-refractivity contribution in [1.82, 2.24) is 4.72 Å². The standard InChI is InChI=1S/C21H26N2O8S/c1-6-22-32(26,27)19-10-13(8-9-16(19)31-7-2)20(24)23-15-12-18(29-4)17(28-3)11-14(15)21(25)30-5/h8-12,22H,6-7H2,1-5H3,(H,23,24). The molecule has 0 atom stereocenters. The Kier molecular flexibility index (Phi) is 8.44. The fraction of sp³-hybridized carbons (Fsp3) is 0.333. The highest BCUT2D eigenvalue weighted by atomic mass is 32.2. The molecule has 0 saturated carbocycles. The maximum Gasteiger partial charge on any atom is 0.340 e. The van der Waals surface area contributed by atoms with E-state index in [1.165, 1.54) is 51.7 Å². The summed E-state index contributed by atoms with van der Waals surface area (Å²) in [4.78, 5) is 25.0. The van der Waals surface area contributed by atoms with Gasteiger partial charge in [-0.3, -0.25) is 4.79 Å². The molecular formula is C21H26N2O8S. The molecule has 0 saturated heterocycles. The third-order valence-corrected chi connectivity index (χ3v) is 5.87. The Labute approximate surface area is 186 Å². The number of esters is 1. The van der Waals surface area contributed by atoms with Crippen LogP contribution in [0.25, 0.3) is 0 Å². The molecule has 174 valence electrons. The summed E-state index contributed by atoms with van der Waals surface area (Å²) in [5.74, 6) is -0.698. The Balaban J connectivity index is 2.52. The molecule has 0 aliphatic carbocycles. The predicted molar refractivity (Wildman–Crippen MR) is 117 cm³/mol. The van der Waals surface area contributed by atoms with Crippen LogP contribution >= 0.6 is 0 Å². The zero-order valence-electron chi connectivity index (χ0n) is 18.5. The molecule has 2 aromatic rings. The Morgan fingerprint density at radius 3 is 2.16 bits per heavy atom. The first-order valence-electron chi connectivity index (χ1n) is 9.64. The summed E-state index contributed by atoms with van der Waals surface area (Å²) >= 11 is 0. The number of sulfonamides is 1. The number of rotatable bonds is 10. The van der Waals surface area contributed by atoms with Gasteiger partial charge in [-0.1, -0.05) is 6.92 Å². The number of benzene rings is 2. The van der Waals surface area contributed by atoms with E-state index >= 15 is 0 Å². The molecule has 32 heavy (non-hydrogen) atoms. The average molecular weight is 467 g/mol. The highest BCUT2D eigenvalue weighted by Gasteiger charge is 2.23. The summed E-state index contributed by atoms with van der Waals surface area (Å²) in [6.07, 6.45) is 0. The monoisotopic (exact) mass is 466 g/mol. The fourth-order valence-electron chi connectivity index (χ4n) is 2.86. The van der Waals surface area contributed by atoms with Crippen LogP contribution in [0.15, 0.2) is 35.2 Å². The lowest BCUT2D eigenvalue weighted by Crippen LogP contribution is -2.24. The van der Waals surface area contributed by atoms with Crippen LogP contribution in [-0.2, 0) is 14.8 Å². The Bertz CT molecular complexity index is 1100. The second kappa shape index (κ2) is 10.8. The topological polar surface area (TPSA) is 129 Å². The van der Waals surface area contributed by atoms with Gasteiger partial charge in [0.25, 0.3) is 5.91 Å². The second-order valence-corrected chi connectivity index (χ2v) is 8.03. The number of hydrogen-bond donors (Lipinski definition) is 2. The number of carbonyl (C=O) groups is 2. The van der Waals surface area contributed by atoms with Crippen LogP contribution in [0.3, 0.4) is 0 Å². The molecule has 0 aliphatic rings. The van der Waals surface area contributed by atoms with E-state index in [4.69, 9.17) is 18.9 Å². The van der Waals surface area contributed by atoms with E-state index < -0.39 is 21.9 Å². The van der Waals surface area contributed by atoms with Gasteiger partial charge in [0.2, 0.25) is 10.0 Å². The summed E-state index contributed by atoms with van der Waals surface area (Å²) < 4.78 is 48.2. The van der Waals surface area contributed by atoms with Crippen molar-refractivity contribution < 1.29 is 37.0 Å². The van der Waals surface area contributed by atoms with Gasteiger partial charge in [0.1, 0.15) is 10.6 Å². The van der Waals surface area contributed by atoms with Crippen LogP contribution in [0.4, 0.5) is 5.69 Å². The molecular weight excluding hydrogens is 440 g/mol. The lowest BCUT2D eigenvalue weighted by atomic mass is 10.1. The van der Waals surface area contributed by atoms with Crippen LogP contribution < -0.4 is 24.2 Å². The zero-order valence-corrected chi connectivity index (χ0v) is 19.3. The molecule has 0 aliphatic heterocycles. The van der Waals surface area contributed by atoms with E-state index in [0.29, 0.717) is 0 Å². The molecule has 2 N–H and O–H groups in total. The number of ether oxygens (including phenoxy) is 4. The van der Waals surface area contributed by atoms with Crippen molar-refractivity contribution in [3.05, 3.63) is 41.5 Å². The van der Waals surface area contributed by atoms with Gasteiger partial charge in [-0.15, -0.1) is 0 Å². The molecule has 2 rings (SSSR count). The minimum absolute atomic E-state index is 0.0323. The molecule has 0 radical (unpaired) electrons. The maximum absolute atomic E-state index is 12.9. The minimum atomic E-state index is -3.90. The molecule has 0 unspecified atom stereocenters. The van der Waals surface area contributed by atoms with Crippen LogP contribution in [0.2, 0.25) is 0 Å². The van der Waals surface area contributed by atoms with E-state index in [1.807, 2.05) is 0 Å². The zero-order chi connectivity index (χ0) is 23.9. The van der Waals surface area contributed by atoms with Gasteiger partial charge < -0.3 is 24.3 Å². The van der Waals surface area contributed by atoms with Crippen molar-refractivity contribution in [1.29, 1.82) is 0 Å². The van der Waals surface area contributed by atoms with Gasteiger partial charge in [-0.05, 0) is 25.1 Å². The average Bonchev–Trinajstić information content (AvgIpc) is 2.78. The van der Waals surface area contributed by atoms with Crippen LogP contribution in [0, 0.1) is 0 Å². The van der Waals surface area contributed by atoms with Crippen molar-refractivity contribution in [2.75, 3.05) is 39.8 Å². The van der Waals surface area contributed by atoms with E-state index in [9.17, 15) is 18.0 Å². The highest BCUT2D eigenvalue weighted by Crippen LogP contribution is 2.34. The molecule has 0 spiro atoms. The Morgan fingerprint density at radius 2 is 1.59 bits per heavy atom. The first-order chi connectivity index (χ1) is 15.2. The van der Waals surface area contributed by atoms with Gasteiger partial charge >= 0.3 is 5.97 Å². The van der Waals surface area contributed by atoms with Crippen LogP contribution in [0.5, 0.6) is 17.2 Å². The summed E-state index contributed by atoms with van der Waals surface area (Å²) in [6, 6.07) is 6.81. The molecule has 0 bridgehead atoms. The number of amides is 1. The third kappa shape index (κ3) is 5.48. The normalized spacial score (nSPS) is 10.9. The van der Waals surface area contributed by atoms with Crippen molar-refractivity contribution in [2.45, 2.75) is 18.7 Å². The SMILES string of the molecule is CCNS(=O)(=O)c1cc(C(=O)Nc2cc(OC)c(OC)cc2C(=O)OC)ccc1OCC. The number of anilines is 1. The molecule has 10 nitrogen and oxygen atoms in total. The fourth-order valence-corrected chi connectivity index (χ4v) is 4.07. The summed E-state index contributed by atoms with van der Waals surface area (Å²) in [5, 5.41) is 2.60. The number of methoxy groups -OCH3 is 3. The van der Waals surface area contributed by atoms with Crippen LogP contribution in [-0.4, -0.2) is 54.8 Å². The van der Waals surface area contributed by atoms with E-state index in [-0.39, 0.29) is 52.1 Å². The van der Waals surface area contributed by atoms with E-state index in [2.05, 4.69) is 10.0 Å². The maximum atomic E-state index is 12.9. The van der Waals surface area contributed by atoms with Crippen molar-refractivity contribution >= 4 is 27.6 Å². The molecule has 1 amide bonds. The largest absolute Gasteiger partial charge is 0.493 e. The quantitative estimate of drug-likeness (QED) is 0.511. The van der Waals surface area contributed by atoms with Crippen molar-refractivity contribution in [2.24, 2.45) is 0 Å². The molecule has 0 aromatic heterocycles. The van der Waals surface area contributed by atoms with Gasteiger partial charge in [-0.2, -0.15) is 0 Å². The Hall–Kier alpha value is -3.31. The third-order valence-electron chi connectivity index (χ3n) is 4.31. The highest BCUT2D eigenvalue weighted by molar-refractivity contribution is 7.89. The predicted octanol–water partition coefficient (Wildman–Crippen LogP) is 2.44. The smallest absolute Gasteiger partial charge is 0.340 e. The number of carbonyl (C=O) groups excluding carboxylic acids is 2. The van der Waals surface area contributed by atoms with Gasteiger partial charge in [0.15, 0.2) is 11.5 Å². The summed E-state index contributed by atoms with van der Waals surface area (Å²) in [6.45, 7) is 3.77. The first-order valence-corrected chi connectivity index (χ1v) is 11.1. The summed E-state index contributed by atoms with van der Waals surface area (Å²) in [5.41, 5.74) is 0.171. The van der Waals surface area contributed by atoms with Crippen LogP contribution in [0.1, 0.15) is 34.6 Å². The van der Waals surface area contributed by atoms with E-state index in [1.54, 1.807) is 13.8 Å². The van der Waals surface area contributed by atoms with E-state index in [0.717, 1.165) is 0 Å². The molecule has 11 heteroatoms. The summed E-state index contributed by atoms with van der Waals surface area (Å²) in [7, 11) is 0.115. The lowest BCUT2D eigenvalue weighted by molar-refractivity contribution is 0.0601. The molecule has 2 aromatic carbocycles. The Morgan fingerprint density at radius 1 is 0.938 bits per heavy atom. The molecule has 0 heterocycles. The number of hydrogen-bond acceptors (Lipinski definition) is 8. The lowest BCUT2D eigenvalue weighted by Gasteiger charge is -2.16. The van der Waals surface area contributed by atoms with Gasteiger partial charge in [-0.25, -0.2) is 17.9 Å². The van der Waals surface area contributed by atoms with Crippen molar-refractivity contribution in [3.63, 3.8) is 0 Å². The van der Waals surface area contributed by atoms with Crippen molar-refractivity contribution in [3.8, 4) is 17.2 Å². The number of nitrogens with one attached hydrogen (secondary N) is 2. The van der Waals surface area contributed by atoms with Gasteiger partial charge in [0, 0.05) is 24.2 Å². The second-order valence-electron chi connectivity index (χ2n) is 6.29.